The van der Waals surface area contributed by atoms with E-state index in [1.54, 1.807) is 13.0 Å². The molecule has 1 rings (SSSR count). The lowest BCUT2D eigenvalue weighted by Crippen LogP contribution is -2.08. The quantitative estimate of drug-likeness (QED) is 0.457. The van der Waals surface area contributed by atoms with Gasteiger partial charge in [-0.1, -0.05) is 13.8 Å². The zero-order valence-corrected chi connectivity index (χ0v) is 13.4. The SMILES string of the molecule is Cc1cc(C(=O)OCCCC(C)C)cc(S(=O)(=O)Cl)c1. The van der Waals surface area contributed by atoms with Crippen molar-refractivity contribution in [1.29, 1.82) is 0 Å². The number of halogens is 1. The van der Waals surface area contributed by atoms with E-state index in [1.807, 2.05) is 0 Å². The molecule has 0 spiro atoms. The first kappa shape index (κ1) is 17.0. The fraction of sp³-hybridized carbons (Fsp3) is 0.500. The van der Waals surface area contributed by atoms with Crippen LogP contribution in [0.25, 0.3) is 0 Å². The molecule has 1 aromatic rings. The van der Waals surface area contributed by atoms with Gasteiger partial charge in [-0.25, -0.2) is 13.2 Å². The van der Waals surface area contributed by atoms with Gasteiger partial charge in [0.15, 0.2) is 0 Å². The van der Waals surface area contributed by atoms with E-state index < -0.39 is 15.0 Å². The molecular weight excluding hydrogens is 300 g/mol. The van der Waals surface area contributed by atoms with Crippen molar-refractivity contribution >= 4 is 25.7 Å². The fourth-order valence-electron chi connectivity index (χ4n) is 1.75. The van der Waals surface area contributed by atoms with Gasteiger partial charge >= 0.3 is 5.97 Å². The molecule has 0 aliphatic heterocycles. The van der Waals surface area contributed by atoms with Crippen LogP contribution < -0.4 is 0 Å². The summed E-state index contributed by atoms with van der Waals surface area (Å²) in [5.74, 6) is 0.0275. The van der Waals surface area contributed by atoms with E-state index in [0.717, 1.165) is 12.8 Å². The first-order valence-corrected chi connectivity index (χ1v) is 8.74. The second-order valence-electron chi connectivity index (χ2n) is 5.14. The van der Waals surface area contributed by atoms with Gasteiger partial charge in [0, 0.05) is 10.7 Å². The molecule has 0 aliphatic rings. The second-order valence-corrected chi connectivity index (χ2v) is 7.71. The normalized spacial score (nSPS) is 11.7. The molecule has 0 N–H and O–H groups in total. The van der Waals surface area contributed by atoms with Gasteiger partial charge in [0.05, 0.1) is 17.1 Å². The summed E-state index contributed by atoms with van der Waals surface area (Å²) in [4.78, 5) is 11.8. The van der Waals surface area contributed by atoms with Crippen molar-refractivity contribution in [1.82, 2.24) is 0 Å². The van der Waals surface area contributed by atoms with Crippen molar-refractivity contribution in [2.75, 3.05) is 6.61 Å². The fourth-order valence-corrected chi connectivity index (χ4v) is 2.61. The standard InChI is InChI=1S/C14H19ClO4S/c1-10(2)5-4-6-19-14(16)12-7-11(3)8-13(9-12)20(15,17)18/h7-10H,4-6H2,1-3H3. The number of esters is 1. The van der Waals surface area contributed by atoms with Gasteiger partial charge in [-0.05, 0) is 49.4 Å². The highest BCUT2D eigenvalue weighted by Gasteiger charge is 2.15. The van der Waals surface area contributed by atoms with E-state index in [1.165, 1.54) is 12.1 Å². The average Bonchev–Trinajstić information content (AvgIpc) is 2.32. The van der Waals surface area contributed by atoms with E-state index in [9.17, 15) is 13.2 Å². The molecule has 6 heteroatoms. The monoisotopic (exact) mass is 318 g/mol. The van der Waals surface area contributed by atoms with Crippen LogP contribution in [0.2, 0.25) is 0 Å². The second kappa shape index (κ2) is 7.09. The Morgan fingerprint density at radius 1 is 1.30 bits per heavy atom. The molecule has 0 aliphatic carbocycles. The first-order valence-electron chi connectivity index (χ1n) is 6.43. The predicted molar refractivity (Wildman–Crippen MR) is 78.6 cm³/mol. The van der Waals surface area contributed by atoms with Crippen LogP contribution >= 0.6 is 10.7 Å². The van der Waals surface area contributed by atoms with Crippen molar-refractivity contribution in [3.05, 3.63) is 29.3 Å². The Hall–Kier alpha value is -1.07. The summed E-state index contributed by atoms with van der Waals surface area (Å²) in [5.41, 5.74) is 0.842. The van der Waals surface area contributed by atoms with Gasteiger partial charge < -0.3 is 4.74 Å². The highest BCUT2D eigenvalue weighted by molar-refractivity contribution is 8.13. The summed E-state index contributed by atoms with van der Waals surface area (Å²) >= 11 is 0. The highest BCUT2D eigenvalue weighted by atomic mass is 35.7. The van der Waals surface area contributed by atoms with E-state index >= 15 is 0 Å². The molecule has 0 radical (unpaired) electrons. The Bertz CT molecular complexity index is 579. The number of hydrogen-bond donors (Lipinski definition) is 0. The summed E-state index contributed by atoms with van der Waals surface area (Å²) < 4.78 is 27.7. The molecule has 0 aromatic heterocycles. The molecule has 0 fully saturated rings. The number of carbonyl (C=O) groups is 1. The van der Waals surface area contributed by atoms with Crippen LogP contribution in [0.3, 0.4) is 0 Å². The van der Waals surface area contributed by atoms with Crippen molar-refractivity contribution in [3.63, 3.8) is 0 Å². The Labute approximate surface area is 124 Å². The number of ether oxygens (including phenoxy) is 1. The van der Waals surface area contributed by atoms with Crippen LogP contribution in [-0.2, 0) is 13.8 Å². The molecular formula is C14H19ClO4S. The lowest BCUT2D eigenvalue weighted by Gasteiger charge is -2.08. The smallest absolute Gasteiger partial charge is 0.338 e. The minimum atomic E-state index is -3.85. The van der Waals surface area contributed by atoms with E-state index in [0.29, 0.717) is 18.1 Å². The Balaban J connectivity index is 2.76. The molecule has 0 unspecified atom stereocenters. The molecule has 20 heavy (non-hydrogen) atoms. The largest absolute Gasteiger partial charge is 0.462 e. The van der Waals surface area contributed by atoms with Crippen LogP contribution in [0.5, 0.6) is 0 Å². The topological polar surface area (TPSA) is 60.4 Å². The van der Waals surface area contributed by atoms with E-state index in [2.05, 4.69) is 13.8 Å². The van der Waals surface area contributed by atoms with Crippen molar-refractivity contribution in [2.45, 2.75) is 38.5 Å². The Kier molecular flexibility index (Phi) is 6.02. The number of carbonyl (C=O) groups excluding carboxylic acids is 1. The maximum Gasteiger partial charge on any atom is 0.338 e. The first-order chi connectivity index (χ1) is 9.20. The molecule has 0 amide bonds. The van der Waals surface area contributed by atoms with Crippen molar-refractivity contribution < 1.29 is 17.9 Å². The summed E-state index contributed by atoms with van der Waals surface area (Å²) in [6, 6.07) is 4.23. The molecule has 0 atom stereocenters. The summed E-state index contributed by atoms with van der Waals surface area (Å²) in [6.45, 7) is 6.22. The van der Waals surface area contributed by atoms with Crippen LogP contribution in [-0.4, -0.2) is 21.0 Å². The van der Waals surface area contributed by atoms with Gasteiger partial charge in [0.25, 0.3) is 9.05 Å². The lowest BCUT2D eigenvalue weighted by atomic mass is 10.1. The number of benzene rings is 1. The van der Waals surface area contributed by atoms with Crippen molar-refractivity contribution in [3.8, 4) is 0 Å². The van der Waals surface area contributed by atoms with E-state index in [4.69, 9.17) is 15.4 Å². The number of aryl methyl sites for hydroxylation is 1. The average molecular weight is 319 g/mol. The van der Waals surface area contributed by atoms with E-state index in [-0.39, 0.29) is 10.5 Å². The number of rotatable bonds is 6. The molecule has 112 valence electrons. The van der Waals surface area contributed by atoms with Crippen LogP contribution in [0.4, 0.5) is 0 Å². The molecule has 0 saturated heterocycles. The maximum absolute atomic E-state index is 11.9. The zero-order valence-electron chi connectivity index (χ0n) is 11.8. The van der Waals surface area contributed by atoms with Gasteiger partial charge in [-0.3, -0.25) is 0 Å². The number of hydrogen-bond acceptors (Lipinski definition) is 4. The molecule has 1 aromatic carbocycles. The minimum absolute atomic E-state index is 0.0895. The third-order valence-electron chi connectivity index (χ3n) is 2.73. The summed E-state index contributed by atoms with van der Waals surface area (Å²) in [6.07, 6.45) is 1.76. The highest BCUT2D eigenvalue weighted by Crippen LogP contribution is 2.19. The van der Waals surface area contributed by atoms with Gasteiger partial charge in [-0.15, -0.1) is 0 Å². The summed E-state index contributed by atoms with van der Waals surface area (Å²) in [7, 11) is 1.44. The molecule has 0 bridgehead atoms. The zero-order chi connectivity index (χ0) is 15.3. The Morgan fingerprint density at radius 3 is 2.50 bits per heavy atom. The maximum atomic E-state index is 11.9. The van der Waals surface area contributed by atoms with Crippen LogP contribution in [0.1, 0.15) is 42.6 Å². The van der Waals surface area contributed by atoms with Crippen LogP contribution in [0, 0.1) is 12.8 Å². The van der Waals surface area contributed by atoms with Crippen molar-refractivity contribution in [2.24, 2.45) is 5.92 Å². The molecule has 4 nitrogen and oxygen atoms in total. The Morgan fingerprint density at radius 2 is 1.95 bits per heavy atom. The predicted octanol–water partition coefficient (Wildman–Crippen LogP) is 3.52. The third kappa shape index (κ3) is 5.51. The van der Waals surface area contributed by atoms with Gasteiger partial charge in [-0.2, -0.15) is 0 Å². The van der Waals surface area contributed by atoms with Gasteiger partial charge in [0.1, 0.15) is 0 Å². The minimum Gasteiger partial charge on any atom is -0.462 e. The third-order valence-corrected chi connectivity index (χ3v) is 4.06. The van der Waals surface area contributed by atoms with Crippen LogP contribution in [0.15, 0.2) is 23.1 Å². The molecule has 0 heterocycles. The molecule has 0 saturated carbocycles. The van der Waals surface area contributed by atoms with Gasteiger partial charge in [0.2, 0.25) is 0 Å². The lowest BCUT2D eigenvalue weighted by molar-refractivity contribution is 0.0494. The summed E-state index contributed by atoms with van der Waals surface area (Å²) in [5, 5.41) is 0.